The molecule has 1 atom stereocenters. The number of carbonyl (C=O) groups excluding carboxylic acids is 1. The van der Waals surface area contributed by atoms with Crippen molar-refractivity contribution in [3.8, 4) is 0 Å². The molecule has 1 rings (SSSR count). The molecule has 0 saturated carbocycles. The molecular formula is C12H17FN2O2. The summed E-state index contributed by atoms with van der Waals surface area (Å²) in [5, 5.41) is 8.75. The predicted molar refractivity (Wildman–Crippen MR) is 62.8 cm³/mol. The summed E-state index contributed by atoms with van der Waals surface area (Å²) in [7, 11) is 1.61. The second-order valence-electron chi connectivity index (χ2n) is 3.93. The SMILES string of the molecule is CN(CCc1cccc(F)c1)C(=O)C(N)CO. The summed E-state index contributed by atoms with van der Waals surface area (Å²) in [5.74, 6) is -0.604. The van der Waals surface area contributed by atoms with E-state index in [1.54, 1.807) is 19.2 Å². The smallest absolute Gasteiger partial charge is 0.241 e. The second kappa shape index (κ2) is 6.32. The molecular weight excluding hydrogens is 223 g/mol. The Morgan fingerprint density at radius 2 is 2.29 bits per heavy atom. The number of nitrogens with two attached hydrogens (primary N) is 1. The van der Waals surface area contributed by atoms with Crippen molar-refractivity contribution >= 4 is 5.91 Å². The first kappa shape index (κ1) is 13.6. The number of hydrogen-bond donors (Lipinski definition) is 2. The number of hydrogen-bond acceptors (Lipinski definition) is 3. The van der Waals surface area contributed by atoms with Crippen LogP contribution in [0.2, 0.25) is 0 Å². The largest absolute Gasteiger partial charge is 0.394 e. The lowest BCUT2D eigenvalue weighted by molar-refractivity contribution is -0.132. The molecule has 1 unspecified atom stereocenters. The molecule has 0 aliphatic heterocycles. The molecule has 3 N–H and O–H groups in total. The Morgan fingerprint density at radius 1 is 1.59 bits per heavy atom. The highest BCUT2D eigenvalue weighted by Crippen LogP contribution is 2.05. The highest BCUT2D eigenvalue weighted by Gasteiger charge is 2.16. The minimum atomic E-state index is -0.882. The number of nitrogens with zero attached hydrogens (tertiary/aromatic N) is 1. The number of aliphatic hydroxyl groups excluding tert-OH is 1. The maximum absolute atomic E-state index is 12.9. The third-order valence-electron chi connectivity index (χ3n) is 2.52. The molecule has 0 heterocycles. The van der Waals surface area contributed by atoms with Gasteiger partial charge in [0.2, 0.25) is 5.91 Å². The first-order valence-corrected chi connectivity index (χ1v) is 5.40. The van der Waals surface area contributed by atoms with Crippen molar-refractivity contribution in [1.82, 2.24) is 4.90 Å². The Balaban J connectivity index is 2.48. The lowest BCUT2D eigenvalue weighted by Crippen LogP contribution is -2.44. The van der Waals surface area contributed by atoms with Gasteiger partial charge in [-0.2, -0.15) is 0 Å². The van der Waals surface area contributed by atoms with Gasteiger partial charge in [-0.15, -0.1) is 0 Å². The van der Waals surface area contributed by atoms with Crippen LogP contribution in [-0.2, 0) is 11.2 Å². The summed E-state index contributed by atoms with van der Waals surface area (Å²) < 4.78 is 12.9. The van der Waals surface area contributed by atoms with Crippen molar-refractivity contribution in [3.05, 3.63) is 35.6 Å². The number of rotatable bonds is 5. The maximum atomic E-state index is 12.9. The quantitative estimate of drug-likeness (QED) is 0.769. The van der Waals surface area contributed by atoms with Gasteiger partial charge in [0, 0.05) is 13.6 Å². The molecule has 1 amide bonds. The number of amides is 1. The monoisotopic (exact) mass is 240 g/mol. The Kier molecular flexibility index (Phi) is 5.06. The molecule has 0 saturated heterocycles. The van der Waals surface area contributed by atoms with Crippen LogP contribution in [0.1, 0.15) is 5.56 Å². The first-order valence-electron chi connectivity index (χ1n) is 5.40. The van der Waals surface area contributed by atoms with Crippen LogP contribution in [0.4, 0.5) is 4.39 Å². The highest BCUT2D eigenvalue weighted by molar-refractivity contribution is 5.81. The number of likely N-dealkylation sites (N-methyl/N-ethyl adjacent to an activating group) is 1. The molecule has 5 heteroatoms. The average Bonchev–Trinajstić information content (AvgIpc) is 2.34. The topological polar surface area (TPSA) is 66.6 Å². The Labute approximate surface area is 99.8 Å². The molecule has 0 bridgehead atoms. The van der Waals surface area contributed by atoms with E-state index in [1.165, 1.54) is 17.0 Å². The number of carbonyl (C=O) groups is 1. The normalized spacial score (nSPS) is 12.2. The Bertz CT molecular complexity index is 385. The molecule has 0 radical (unpaired) electrons. The van der Waals surface area contributed by atoms with E-state index in [0.29, 0.717) is 13.0 Å². The van der Waals surface area contributed by atoms with Gasteiger partial charge < -0.3 is 15.7 Å². The third-order valence-corrected chi connectivity index (χ3v) is 2.52. The van der Waals surface area contributed by atoms with Crippen LogP contribution >= 0.6 is 0 Å². The van der Waals surface area contributed by atoms with E-state index >= 15 is 0 Å². The van der Waals surface area contributed by atoms with Gasteiger partial charge in [0.05, 0.1) is 6.61 Å². The van der Waals surface area contributed by atoms with Crippen LogP contribution in [0.25, 0.3) is 0 Å². The minimum Gasteiger partial charge on any atom is -0.394 e. The average molecular weight is 240 g/mol. The fourth-order valence-electron chi connectivity index (χ4n) is 1.46. The number of halogens is 1. The lowest BCUT2D eigenvalue weighted by Gasteiger charge is -2.20. The first-order chi connectivity index (χ1) is 8.04. The molecule has 0 aliphatic carbocycles. The van der Waals surface area contributed by atoms with E-state index in [2.05, 4.69) is 0 Å². The molecule has 1 aromatic rings. The Hall–Kier alpha value is -1.46. The van der Waals surface area contributed by atoms with Crippen LogP contribution in [0.3, 0.4) is 0 Å². The zero-order valence-electron chi connectivity index (χ0n) is 9.77. The van der Waals surface area contributed by atoms with Crippen LogP contribution in [0.15, 0.2) is 24.3 Å². The van der Waals surface area contributed by atoms with E-state index in [-0.39, 0.29) is 18.3 Å². The number of benzene rings is 1. The van der Waals surface area contributed by atoms with Crippen molar-refractivity contribution in [2.75, 3.05) is 20.2 Å². The molecule has 17 heavy (non-hydrogen) atoms. The minimum absolute atomic E-state index is 0.288. The summed E-state index contributed by atoms with van der Waals surface area (Å²) in [5.41, 5.74) is 6.23. The predicted octanol–water partition coefficient (Wildman–Crippen LogP) is 0.146. The second-order valence-corrected chi connectivity index (χ2v) is 3.93. The van der Waals surface area contributed by atoms with E-state index in [4.69, 9.17) is 10.8 Å². The summed E-state index contributed by atoms with van der Waals surface area (Å²) in [4.78, 5) is 13.0. The fraction of sp³-hybridized carbons (Fsp3) is 0.417. The molecule has 0 fully saturated rings. The van der Waals surface area contributed by atoms with Crippen molar-refractivity contribution in [1.29, 1.82) is 0 Å². The van der Waals surface area contributed by atoms with E-state index in [1.807, 2.05) is 0 Å². The molecule has 1 aromatic carbocycles. The van der Waals surface area contributed by atoms with Gasteiger partial charge in [0.1, 0.15) is 11.9 Å². The van der Waals surface area contributed by atoms with Gasteiger partial charge in [-0.25, -0.2) is 4.39 Å². The molecule has 4 nitrogen and oxygen atoms in total. The van der Waals surface area contributed by atoms with Gasteiger partial charge >= 0.3 is 0 Å². The van der Waals surface area contributed by atoms with Gasteiger partial charge in [-0.3, -0.25) is 4.79 Å². The van der Waals surface area contributed by atoms with Gasteiger partial charge in [0.25, 0.3) is 0 Å². The zero-order chi connectivity index (χ0) is 12.8. The van der Waals surface area contributed by atoms with Crippen molar-refractivity contribution in [2.24, 2.45) is 5.73 Å². The van der Waals surface area contributed by atoms with Gasteiger partial charge in [-0.05, 0) is 24.1 Å². The summed E-state index contributed by atoms with van der Waals surface area (Å²) in [6, 6.07) is 5.36. The van der Waals surface area contributed by atoms with Gasteiger partial charge in [0.15, 0.2) is 0 Å². The van der Waals surface area contributed by atoms with E-state index < -0.39 is 6.04 Å². The Morgan fingerprint density at radius 3 is 2.88 bits per heavy atom. The van der Waals surface area contributed by atoms with Crippen LogP contribution in [0.5, 0.6) is 0 Å². The number of aliphatic hydroxyl groups is 1. The lowest BCUT2D eigenvalue weighted by atomic mass is 10.1. The van der Waals surface area contributed by atoms with Crippen molar-refractivity contribution < 1.29 is 14.3 Å². The summed E-state index contributed by atoms with van der Waals surface area (Å²) in [6.07, 6.45) is 0.554. The third kappa shape index (κ3) is 4.13. The molecule has 94 valence electrons. The molecule has 0 aliphatic rings. The van der Waals surface area contributed by atoms with E-state index in [0.717, 1.165) is 5.56 Å². The highest BCUT2D eigenvalue weighted by atomic mass is 19.1. The summed E-state index contributed by atoms with van der Waals surface area (Å²) >= 11 is 0. The van der Waals surface area contributed by atoms with Crippen LogP contribution in [0, 0.1) is 5.82 Å². The zero-order valence-corrected chi connectivity index (χ0v) is 9.77. The standard InChI is InChI=1S/C12H17FN2O2/c1-15(12(17)11(14)8-16)6-5-9-3-2-4-10(13)7-9/h2-4,7,11,16H,5-6,8,14H2,1H3. The maximum Gasteiger partial charge on any atom is 0.241 e. The van der Waals surface area contributed by atoms with Crippen molar-refractivity contribution in [3.63, 3.8) is 0 Å². The van der Waals surface area contributed by atoms with Crippen LogP contribution < -0.4 is 5.73 Å². The van der Waals surface area contributed by atoms with E-state index in [9.17, 15) is 9.18 Å². The fourth-order valence-corrected chi connectivity index (χ4v) is 1.46. The van der Waals surface area contributed by atoms with Gasteiger partial charge in [-0.1, -0.05) is 12.1 Å². The van der Waals surface area contributed by atoms with Crippen LogP contribution in [-0.4, -0.2) is 42.2 Å². The molecule has 0 aromatic heterocycles. The summed E-state index contributed by atoms with van der Waals surface area (Å²) in [6.45, 7) is 0.0686. The van der Waals surface area contributed by atoms with Crippen molar-refractivity contribution in [2.45, 2.75) is 12.5 Å². The molecule has 0 spiro atoms.